The van der Waals surface area contributed by atoms with Crippen LogP contribution in [-0.4, -0.2) is 17.1 Å². The smallest absolute Gasteiger partial charge is 0.122 e. The highest BCUT2D eigenvalue weighted by Gasteiger charge is 2.13. The highest BCUT2D eigenvalue weighted by Crippen LogP contribution is 2.33. The first-order chi connectivity index (χ1) is 8.58. The number of H-pyrrole nitrogens is 1. The molecule has 0 amide bonds. The summed E-state index contributed by atoms with van der Waals surface area (Å²) in [6.45, 7) is 6.67. The Hall–Kier alpha value is -1.81. The van der Waals surface area contributed by atoms with Crippen molar-refractivity contribution in [2.75, 3.05) is 7.11 Å². The van der Waals surface area contributed by atoms with Gasteiger partial charge in [0.15, 0.2) is 0 Å². The minimum atomic E-state index is 0.424. The van der Waals surface area contributed by atoms with E-state index in [0.29, 0.717) is 6.54 Å². The van der Waals surface area contributed by atoms with E-state index in [9.17, 15) is 0 Å². The van der Waals surface area contributed by atoms with E-state index in [1.165, 1.54) is 16.7 Å². The predicted octanol–water partition coefficient (Wildman–Crippen LogP) is 2.47. The van der Waals surface area contributed by atoms with Crippen LogP contribution in [0.2, 0.25) is 0 Å². The zero-order valence-corrected chi connectivity index (χ0v) is 11.3. The minimum absolute atomic E-state index is 0.424. The molecule has 2 rings (SSSR count). The van der Waals surface area contributed by atoms with E-state index in [-0.39, 0.29) is 0 Å². The topological polar surface area (TPSA) is 63.9 Å². The maximum absolute atomic E-state index is 5.58. The third-order valence-electron chi connectivity index (χ3n) is 3.36. The fraction of sp³-hybridized carbons (Fsp3) is 0.357. The molecule has 4 heteroatoms. The molecular weight excluding hydrogens is 226 g/mol. The van der Waals surface area contributed by atoms with Gasteiger partial charge in [0.1, 0.15) is 11.6 Å². The largest absolute Gasteiger partial charge is 0.496 e. The normalized spacial score (nSPS) is 10.7. The number of nitrogens with one attached hydrogen (secondary N) is 1. The van der Waals surface area contributed by atoms with Gasteiger partial charge in [-0.1, -0.05) is 0 Å². The Bertz CT molecular complexity index is 573. The second-order valence-corrected chi connectivity index (χ2v) is 4.47. The molecule has 0 aliphatic heterocycles. The van der Waals surface area contributed by atoms with Crippen LogP contribution >= 0.6 is 0 Å². The zero-order chi connectivity index (χ0) is 13.3. The summed E-state index contributed by atoms with van der Waals surface area (Å²) >= 11 is 0. The Kier molecular flexibility index (Phi) is 3.39. The van der Waals surface area contributed by atoms with Crippen LogP contribution in [0.1, 0.15) is 22.5 Å². The molecule has 0 saturated carbocycles. The first kappa shape index (κ1) is 12.6. The number of hydrogen-bond acceptors (Lipinski definition) is 3. The molecule has 4 nitrogen and oxygen atoms in total. The highest BCUT2D eigenvalue weighted by molar-refractivity contribution is 5.70. The Morgan fingerprint density at radius 3 is 2.56 bits per heavy atom. The molecule has 1 aromatic heterocycles. The van der Waals surface area contributed by atoms with E-state index < -0.39 is 0 Å². The maximum atomic E-state index is 5.58. The van der Waals surface area contributed by atoms with Crippen molar-refractivity contribution in [3.63, 3.8) is 0 Å². The molecule has 0 saturated heterocycles. The van der Waals surface area contributed by atoms with Gasteiger partial charge in [-0.05, 0) is 43.5 Å². The molecule has 0 atom stereocenters. The van der Waals surface area contributed by atoms with Crippen molar-refractivity contribution in [1.82, 2.24) is 9.97 Å². The fourth-order valence-electron chi connectivity index (χ4n) is 2.26. The molecule has 0 unspecified atom stereocenters. The molecule has 0 radical (unpaired) electrons. The summed E-state index contributed by atoms with van der Waals surface area (Å²) in [5.74, 6) is 1.73. The lowest BCUT2D eigenvalue weighted by Crippen LogP contribution is -1.99. The van der Waals surface area contributed by atoms with Gasteiger partial charge in [0.25, 0.3) is 0 Å². The van der Waals surface area contributed by atoms with Gasteiger partial charge < -0.3 is 15.5 Å². The van der Waals surface area contributed by atoms with Crippen molar-refractivity contribution in [3.05, 3.63) is 34.8 Å². The lowest BCUT2D eigenvalue weighted by atomic mass is 9.95. The molecule has 96 valence electrons. The number of aryl methyl sites for hydroxylation is 1. The molecule has 3 N–H and O–H groups in total. The molecule has 0 bridgehead atoms. The number of aromatic amines is 1. The number of hydrogen-bond donors (Lipinski definition) is 2. The third kappa shape index (κ3) is 1.99. The van der Waals surface area contributed by atoms with E-state index in [1.807, 2.05) is 6.20 Å². The number of nitrogens with zero attached hydrogens (tertiary/aromatic N) is 1. The average molecular weight is 245 g/mol. The van der Waals surface area contributed by atoms with Crippen molar-refractivity contribution in [2.45, 2.75) is 27.3 Å². The van der Waals surface area contributed by atoms with E-state index in [4.69, 9.17) is 10.5 Å². The van der Waals surface area contributed by atoms with Crippen molar-refractivity contribution in [2.24, 2.45) is 5.73 Å². The second kappa shape index (κ2) is 4.82. The third-order valence-corrected chi connectivity index (χ3v) is 3.36. The molecular formula is C14H19N3O. The molecule has 0 aliphatic carbocycles. The van der Waals surface area contributed by atoms with Gasteiger partial charge in [0.2, 0.25) is 0 Å². The van der Waals surface area contributed by atoms with Crippen molar-refractivity contribution >= 4 is 0 Å². The molecule has 0 spiro atoms. The van der Waals surface area contributed by atoms with Gasteiger partial charge in [0, 0.05) is 5.56 Å². The molecule has 2 aromatic rings. The van der Waals surface area contributed by atoms with Crippen molar-refractivity contribution in [1.29, 1.82) is 0 Å². The monoisotopic (exact) mass is 245 g/mol. The van der Waals surface area contributed by atoms with Crippen LogP contribution in [0.4, 0.5) is 0 Å². The van der Waals surface area contributed by atoms with E-state index >= 15 is 0 Å². The lowest BCUT2D eigenvalue weighted by Gasteiger charge is -2.14. The standard InChI is InChI=1S/C14H19N3O/c1-8-5-12(18-4)9(2)10(3)14(8)11-7-16-13(6-15)17-11/h5,7H,6,15H2,1-4H3,(H,16,17). The quantitative estimate of drug-likeness (QED) is 0.873. The van der Waals surface area contributed by atoms with Crippen LogP contribution in [0, 0.1) is 20.8 Å². The molecule has 18 heavy (non-hydrogen) atoms. The lowest BCUT2D eigenvalue weighted by molar-refractivity contribution is 0.411. The number of ether oxygens (including phenoxy) is 1. The van der Waals surface area contributed by atoms with Crippen molar-refractivity contribution in [3.8, 4) is 17.0 Å². The molecule has 0 fully saturated rings. The van der Waals surface area contributed by atoms with E-state index in [0.717, 1.165) is 22.8 Å². The SMILES string of the molecule is COc1cc(C)c(-c2cnc(CN)[nH]2)c(C)c1C. The Labute approximate surface area is 107 Å². The number of imidazole rings is 1. The highest BCUT2D eigenvalue weighted by atomic mass is 16.5. The van der Waals surface area contributed by atoms with Crippen LogP contribution in [0.5, 0.6) is 5.75 Å². The maximum Gasteiger partial charge on any atom is 0.122 e. The van der Waals surface area contributed by atoms with Crippen LogP contribution in [0.3, 0.4) is 0 Å². The van der Waals surface area contributed by atoms with Crippen LogP contribution in [-0.2, 0) is 6.54 Å². The summed E-state index contributed by atoms with van der Waals surface area (Å²) in [6, 6.07) is 2.06. The summed E-state index contributed by atoms with van der Waals surface area (Å²) in [5, 5.41) is 0. The van der Waals surface area contributed by atoms with E-state index in [2.05, 4.69) is 36.8 Å². The summed E-state index contributed by atoms with van der Waals surface area (Å²) in [4.78, 5) is 7.50. The van der Waals surface area contributed by atoms with Gasteiger partial charge >= 0.3 is 0 Å². The van der Waals surface area contributed by atoms with E-state index in [1.54, 1.807) is 7.11 Å². The van der Waals surface area contributed by atoms with Gasteiger partial charge in [0.05, 0.1) is 25.5 Å². The van der Waals surface area contributed by atoms with Crippen LogP contribution < -0.4 is 10.5 Å². The van der Waals surface area contributed by atoms with Crippen molar-refractivity contribution < 1.29 is 4.74 Å². The Morgan fingerprint density at radius 1 is 1.28 bits per heavy atom. The number of rotatable bonds is 3. The number of nitrogens with two attached hydrogens (primary N) is 1. The number of benzene rings is 1. The van der Waals surface area contributed by atoms with Crippen LogP contribution in [0.15, 0.2) is 12.3 Å². The summed E-state index contributed by atoms with van der Waals surface area (Å²) in [5.41, 5.74) is 11.3. The number of methoxy groups -OCH3 is 1. The fourth-order valence-corrected chi connectivity index (χ4v) is 2.26. The average Bonchev–Trinajstić information content (AvgIpc) is 2.82. The molecule has 1 aromatic carbocycles. The predicted molar refractivity (Wildman–Crippen MR) is 72.7 cm³/mol. The first-order valence-corrected chi connectivity index (χ1v) is 5.97. The molecule has 1 heterocycles. The van der Waals surface area contributed by atoms with Gasteiger partial charge in [-0.25, -0.2) is 4.98 Å². The zero-order valence-electron chi connectivity index (χ0n) is 11.3. The van der Waals surface area contributed by atoms with Gasteiger partial charge in [-0.2, -0.15) is 0 Å². The second-order valence-electron chi connectivity index (χ2n) is 4.47. The Morgan fingerprint density at radius 2 is 2.00 bits per heavy atom. The number of aromatic nitrogens is 2. The van der Waals surface area contributed by atoms with Gasteiger partial charge in [-0.3, -0.25) is 0 Å². The summed E-state index contributed by atoms with van der Waals surface area (Å²) < 4.78 is 5.38. The summed E-state index contributed by atoms with van der Waals surface area (Å²) in [6.07, 6.45) is 1.84. The minimum Gasteiger partial charge on any atom is -0.496 e. The summed E-state index contributed by atoms with van der Waals surface area (Å²) in [7, 11) is 1.70. The first-order valence-electron chi connectivity index (χ1n) is 5.97. The van der Waals surface area contributed by atoms with Gasteiger partial charge in [-0.15, -0.1) is 0 Å². The Balaban J connectivity index is 2.60. The molecule has 0 aliphatic rings. The van der Waals surface area contributed by atoms with Crippen LogP contribution in [0.25, 0.3) is 11.3 Å².